The lowest BCUT2D eigenvalue weighted by Gasteiger charge is -2.43. The molecule has 2 aromatic carbocycles. The van der Waals surface area contributed by atoms with Crippen molar-refractivity contribution in [3.05, 3.63) is 65.7 Å². The van der Waals surface area contributed by atoms with Crippen molar-refractivity contribution in [3.8, 4) is 5.75 Å². The van der Waals surface area contributed by atoms with Crippen LogP contribution in [0.25, 0.3) is 0 Å². The van der Waals surface area contributed by atoms with Crippen molar-refractivity contribution in [2.24, 2.45) is 0 Å². The van der Waals surface area contributed by atoms with Crippen LogP contribution in [0.1, 0.15) is 50.7 Å². The fourth-order valence-electron chi connectivity index (χ4n) is 4.67. The summed E-state index contributed by atoms with van der Waals surface area (Å²) in [6.45, 7) is 4.26. The molecule has 1 amide bonds. The monoisotopic (exact) mass is 395 g/mol. The lowest BCUT2D eigenvalue weighted by molar-refractivity contribution is -0.0537. The highest BCUT2D eigenvalue weighted by molar-refractivity contribution is 5.69. The second kappa shape index (κ2) is 8.07. The van der Waals surface area contributed by atoms with Gasteiger partial charge in [-0.15, -0.1) is 0 Å². The zero-order valence-electron chi connectivity index (χ0n) is 17.1. The number of carbonyl (C=O) groups excluding carboxylic acids is 1. The number of piperidine rings is 1. The second-order valence-corrected chi connectivity index (χ2v) is 8.46. The van der Waals surface area contributed by atoms with E-state index in [9.17, 15) is 9.90 Å². The van der Waals surface area contributed by atoms with Gasteiger partial charge >= 0.3 is 6.09 Å². The molecule has 1 N–H and O–H groups in total. The van der Waals surface area contributed by atoms with Gasteiger partial charge < -0.3 is 19.5 Å². The van der Waals surface area contributed by atoms with Gasteiger partial charge in [-0.2, -0.15) is 0 Å². The van der Waals surface area contributed by atoms with Gasteiger partial charge in [-0.25, -0.2) is 4.79 Å². The summed E-state index contributed by atoms with van der Waals surface area (Å²) >= 11 is 0. The van der Waals surface area contributed by atoms with Crippen LogP contribution in [0.3, 0.4) is 0 Å². The average molecular weight is 395 g/mol. The lowest BCUT2D eigenvalue weighted by Crippen LogP contribution is -2.52. The predicted molar refractivity (Wildman–Crippen MR) is 111 cm³/mol. The molecule has 0 saturated carbocycles. The summed E-state index contributed by atoms with van der Waals surface area (Å²) in [5.74, 6) is 0.803. The Kier molecular flexibility index (Phi) is 5.50. The predicted octanol–water partition coefficient (Wildman–Crippen LogP) is 4.63. The molecule has 2 fully saturated rings. The van der Waals surface area contributed by atoms with Crippen LogP contribution in [0.5, 0.6) is 5.75 Å². The Hall–Kier alpha value is -2.53. The Morgan fingerprint density at radius 3 is 2.28 bits per heavy atom. The molecular formula is C24H29NO4. The van der Waals surface area contributed by atoms with E-state index in [2.05, 4.69) is 0 Å². The fraction of sp³-hybridized carbons (Fsp3) is 0.458. The summed E-state index contributed by atoms with van der Waals surface area (Å²) in [5, 5.41) is 11.4. The van der Waals surface area contributed by atoms with Gasteiger partial charge in [-0.3, -0.25) is 0 Å². The molecule has 154 valence electrons. The first-order valence-corrected chi connectivity index (χ1v) is 10.4. The van der Waals surface area contributed by atoms with E-state index in [0.717, 1.165) is 29.7 Å². The van der Waals surface area contributed by atoms with Crippen LogP contribution in [-0.2, 0) is 16.9 Å². The van der Waals surface area contributed by atoms with Crippen molar-refractivity contribution in [2.75, 3.05) is 0 Å². The van der Waals surface area contributed by atoms with Crippen molar-refractivity contribution in [3.63, 3.8) is 0 Å². The van der Waals surface area contributed by atoms with E-state index >= 15 is 0 Å². The molecule has 5 nitrogen and oxygen atoms in total. The fourth-order valence-corrected chi connectivity index (χ4v) is 4.67. The van der Waals surface area contributed by atoms with Crippen LogP contribution in [0.15, 0.2) is 54.6 Å². The van der Waals surface area contributed by atoms with Gasteiger partial charge in [0.05, 0.1) is 11.7 Å². The van der Waals surface area contributed by atoms with E-state index in [-0.39, 0.29) is 30.9 Å². The quantitative estimate of drug-likeness (QED) is 0.802. The summed E-state index contributed by atoms with van der Waals surface area (Å²) in [6.07, 6.45) is 2.72. The molecular weight excluding hydrogens is 366 g/mol. The number of rotatable bonds is 5. The van der Waals surface area contributed by atoms with E-state index in [1.54, 1.807) is 0 Å². The van der Waals surface area contributed by atoms with E-state index in [4.69, 9.17) is 9.47 Å². The zero-order chi connectivity index (χ0) is 20.4. The van der Waals surface area contributed by atoms with Crippen LogP contribution in [0.4, 0.5) is 4.79 Å². The Balaban J connectivity index is 1.42. The maximum Gasteiger partial charge on any atom is 0.410 e. The van der Waals surface area contributed by atoms with Crippen LogP contribution < -0.4 is 4.74 Å². The molecule has 5 heteroatoms. The first kappa shape index (κ1) is 19.8. The maximum absolute atomic E-state index is 12.7. The number of hydrogen-bond donors (Lipinski definition) is 1. The molecule has 0 radical (unpaired) electrons. The summed E-state index contributed by atoms with van der Waals surface area (Å²) in [6, 6.07) is 17.4. The number of nitrogens with zero attached hydrogens (tertiary/aromatic N) is 1. The SMILES string of the molecule is CC(C)Oc1ccc(C2(O)CC3CCC(C2)N3C(=O)OCc2ccccc2)cc1. The first-order valence-electron chi connectivity index (χ1n) is 10.4. The van der Waals surface area contributed by atoms with Crippen LogP contribution in [-0.4, -0.2) is 34.3 Å². The number of carbonyl (C=O) groups is 1. The minimum Gasteiger partial charge on any atom is -0.491 e. The lowest BCUT2D eigenvalue weighted by atomic mass is 9.80. The van der Waals surface area contributed by atoms with Gasteiger partial charge in [0.15, 0.2) is 0 Å². The third kappa shape index (κ3) is 4.25. The van der Waals surface area contributed by atoms with Crippen molar-refractivity contribution in [1.82, 2.24) is 4.90 Å². The van der Waals surface area contributed by atoms with E-state index in [1.807, 2.05) is 73.3 Å². The highest BCUT2D eigenvalue weighted by Gasteiger charge is 2.50. The van der Waals surface area contributed by atoms with Crippen molar-refractivity contribution < 1.29 is 19.4 Å². The summed E-state index contributed by atoms with van der Waals surface area (Å²) < 4.78 is 11.3. The van der Waals surface area contributed by atoms with Crippen molar-refractivity contribution >= 4 is 6.09 Å². The van der Waals surface area contributed by atoms with Gasteiger partial charge in [0.2, 0.25) is 0 Å². The smallest absolute Gasteiger partial charge is 0.410 e. The maximum atomic E-state index is 12.7. The average Bonchev–Trinajstić information content (AvgIpc) is 2.99. The molecule has 4 rings (SSSR count). The summed E-state index contributed by atoms with van der Waals surface area (Å²) in [4.78, 5) is 14.6. The molecule has 29 heavy (non-hydrogen) atoms. The number of fused-ring (bicyclic) bond motifs is 2. The molecule has 2 aliphatic rings. The Bertz CT molecular complexity index is 820. The van der Waals surface area contributed by atoms with Crippen LogP contribution in [0.2, 0.25) is 0 Å². The number of amides is 1. The van der Waals surface area contributed by atoms with Gasteiger partial charge in [0.25, 0.3) is 0 Å². The number of aliphatic hydroxyl groups is 1. The third-order valence-corrected chi connectivity index (χ3v) is 5.95. The van der Waals surface area contributed by atoms with Gasteiger partial charge in [0.1, 0.15) is 12.4 Å². The normalized spacial score (nSPS) is 25.9. The molecule has 0 spiro atoms. The minimum atomic E-state index is -0.918. The van der Waals surface area contributed by atoms with Gasteiger partial charge in [-0.1, -0.05) is 42.5 Å². The van der Waals surface area contributed by atoms with E-state index in [0.29, 0.717) is 12.8 Å². The molecule has 2 atom stereocenters. The largest absolute Gasteiger partial charge is 0.491 e. The Labute approximate surface area is 172 Å². The standard InChI is InChI=1S/C24H29NO4/c1-17(2)29-22-12-8-19(9-13-22)24(27)14-20-10-11-21(15-24)25(20)23(26)28-16-18-6-4-3-5-7-18/h3-9,12-13,17,20-21,27H,10-11,14-16H2,1-2H3. The van der Waals surface area contributed by atoms with Crippen LogP contribution in [0, 0.1) is 0 Å². The number of hydrogen-bond acceptors (Lipinski definition) is 4. The Morgan fingerprint density at radius 1 is 1.07 bits per heavy atom. The molecule has 2 saturated heterocycles. The first-order chi connectivity index (χ1) is 13.9. The third-order valence-electron chi connectivity index (χ3n) is 5.95. The highest BCUT2D eigenvalue weighted by atomic mass is 16.6. The summed E-state index contributed by atoms with van der Waals surface area (Å²) in [7, 11) is 0. The highest BCUT2D eigenvalue weighted by Crippen LogP contribution is 2.46. The van der Waals surface area contributed by atoms with E-state index < -0.39 is 5.60 Å². The molecule has 0 aromatic heterocycles. The topological polar surface area (TPSA) is 59.0 Å². The number of ether oxygens (including phenoxy) is 2. The summed E-state index contributed by atoms with van der Waals surface area (Å²) in [5.41, 5.74) is 0.950. The molecule has 2 heterocycles. The Morgan fingerprint density at radius 2 is 1.69 bits per heavy atom. The minimum absolute atomic E-state index is 0.00798. The van der Waals surface area contributed by atoms with Crippen LogP contribution >= 0.6 is 0 Å². The van der Waals surface area contributed by atoms with E-state index in [1.165, 1.54) is 0 Å². The zero-order valence-corrected chi connectivity index (χ0v) is 17.1. The van der Waals surface area contributed by atoms with Gasteiger partial charge in [-0.05, 0) is 49.9 Å². The number of benzene rings is 2. The molecule has 2 aromatic rings. The van der Waals surface area contributed by atoms with Crippen molar-refractivity contribution in [2.45, 2.75) is 69.9 Å². The molecule has 2 unspecified atom stereocenters. The molecule has 2 aliphatic heterocycles. The second-order valence-electron chi connectivity index (χ2n) is 8.46. The van der Waals surface area contributed by atoms with Crippen molar-refractivity contribution in [1.29, 1.82) is 0 Å². The van der Waals surface area contributed by atoms with Gasteiger partial charge in [0, 0.05) is 24.9 Å². The molecule has 2 bridgehead atoms. The molecule has 0 aliphatic carbocycles.